The molecule has 0 saturated carbocycles. The van der Waals surface area contributed by atoms with Gasteiger partial charge in [0.25, 0.3) is 0 Å². The Bertz CT molecular complexity index is 977. The summed E-state index contributed by atoms with van der Waals surface area (Å²) in [4.78, 5) is 27.3. The number of anilines is 1. The molecular weight excluding hydrogens is 376 g/mol. The molecule has 6 heteroatoms. The number of nitrogens with one attached hydrogen (secondary N) is 1. The Morgan fingerprint density at radius 3 is 2.43 bits per heavy atom. The number of nitrogens with zero attached hydrogens (tertiary/aromatic N) is 3. The van der Waals surface area contributed by atoms with Crippen molar-refractivity contribution in [1.29, 1.82) is 0 Å². The lowest BCUT2D eigenvalue weighted by Gasteiger charge is -2.31. The lowest BCUT2D eigenvalue weighted by molar-refractivity contribution is -0.134. The van der Waals surface area contributed by atoms with Crippen molar-refractivity contribution in [2.24, 2.45) is 5.92 Å². The molecule has 1 N–H and O–H groups in total. The highest BCUT2D eigenvalue weighted by Crippen LogP contribution is 2.23. The third-order valence-corrected chi connectivity index (χ3v) is 5.60. The average Bonchev–Trinajstić information content (AvgIpc) is 3.33. The van der Waals surface area contributed by atoms with Gasteiger partial charge < -0.3 is 10.2 Å². The standard InChI is InChI=1S/C24H26N4O2/c29-23(12-11-19-7-2-1-3-8-19)27-17-13-20(14-18-27)24(30)26-21-9-4-5-10-22(21)28-16-6-15-25-28/h1-10,15-16,20H,11-14,17-18H2,(H,26,30). The highest BCUT2D eigenvalue weighted by atomic mass is 16.2. The number of hydrogen-bond acceptors (Lipinski definition) is 3. The molecule has 1 aromatic heterocycles. The zero-order chi connectivity index (χ0) is 20.8. The maximum absolute atomic E-state index is 12.8. The van der Waals surface area contributed by atoms with Gasteiger partial charge in [-0.2, -0.15) is 5.10 Å². The molecule has 0 spiro atoms. The highest BCUT2D eigenvalue weighted by molar-refractivity contribution is 5.94. The predicted octanol–water partition coefficient (Wildman–Crippen LogP) is 3.68. The fraction of sp³-hybridized carbons (Fsp3) is 0.292. The minimum absolute atomic E-state index is 0.00555. The van der Waals surface area contributed by atoms with Crippen LogP contribution in [0.4, 0.5) is 5.69 Å². The molecular formula is C24H26N4O2. The van der Waals surface area contributed by atoms with Gasteiger partial charge in [0.15, 0.2) is 0 Å². The Balaban J connectivity index is 1.29. The van der Waals surface area contributed by atoms with Crippen molar-refractivity contribution in [3.05, 3.63) is 78.6 Å². The molecule has 0 aliphatic carbocycles. The van der Waals surface area contributed by atoms with Crippen LogP contribution in [0.1, 0.15) is 24.8 Å². The van der Waals surface area contributed by atoms with Crippen LogP contribution in [0.2, 0.25) is 0 Å². The van der Waals surface area contributed by atoms with Crippen LogP contribution in [0, 0.1) is 5.92 Å². The molecule has 30 heavy (non-hydrogen) atoms. The van der Waals surface area contributed by atoms with E-state index in [4.69, 9.17) is 0 Å². The van der Waals surface area contributed by atoms with E-state index >= 15 is 0 Å². The van der Waals surface area contributed by atoms with Gasteiger partial charge in [-0.25, -0.2) is 4.68 Å². The van der Waals surface area contributed by atoms with Gasteiger partial charge in [-0.3, -0.25) is 9.59 Å². The van der Waals surface area contributed by atoms with E-state index in [0.717, 1.165) is 17.8 Å². The molecule has 4 rings (SSSR count). The van der Waals surface area contributed by atoms with Crippen LogP contribution in [0.3, 0.4) is 0 Å². The Labute approximate surface area is 176 Å². The highest BCUT2D eigenvalue weighted by Gasteiger charge is 2.27. The monoisotopic (exact) mass is 402 g/mol. The van der Waals surface area contributed by atoms with E-state index in [1.165, 1.54) is 5.56 Å². The molecule has 2 amide bonds. The molecule has 0 unspecified atom stereocenters. The van der Waals surface area contributed by atoms with Crippen LogP contribution in [-0.2, 0) is 16.0 Å². The Kier molecular flexibility index (Phi) is 6.23. The van der Waals surface area contributed by atoms with Crippen LogP contribution in [0.15, 0.2) is 73.1 Å². The lowest BCUT2D eigenvalue weighted by atomic mass is 9.95. The fourth-order valence-corrected chi connectivity index (χ4v) is 3.87. The van der Waals surface area contributed by atoms with Crippen molar-refractivity contribution < 1.29 is 9.59 Å². The summed E-state index contributed by atoms with van der Waals surface area (Å²) in [5.74, 6) is 0.0848. The third-order valence-electron chi connectivity index (χ3n) is 5.60. The smallest absolute Gasteiger partial charge is 0.227 e. The molecule has 1 aliphatic rings. The zero-order valence-corrected chi connectivity index (χ0v) is 16.9. The summed E-state index contributed by atoms with van der Waals surface area (Å²) in [7, 11) is 0. The first-order valence-electron chi connectivity index (χ1n) is 10.4. The maximum atomic E-state index is 12.8. The first-order chi connectivity index (χ1) is 14.7. The maximum Gasteiger partial charge on any atom is 0.227 e. The van der Waals surface area contributed by atoms with Crippen molar-refractivity contribution in [2.45, 2.75) is 25.7 Å². The molecule has 1 fully saturated rings. The second kappa shape index (κ2) is 9.39. The quantitative estimate of drug-likeness (QED) is 0.684. The zero-order valence-electron chi connectivity index (χ0n) is 16.9. The molecule has 1 aliphatic heterocycles. The summed E-state index contributed by atoms with van der Waals surface area (Å²) in [6.45, 7) is 1.26. The number of aryl methyl sites for hydroxylation is 1. The summed E-state index contributed by atoms with van der Waals surface area (Å²) in [6.07, 6.45) is 6.20. The normalized spacial score (nSPS) is 14.5. The van der Waals surface area contributed by atoms with E-state index in [0.29, 0.717) is 32.4 Å². The molecule has 0 atom stereocenters. The van der Waals surface area contributed by atoms with Crippen molar-refractivity contribution >= 4 is 17.5 Å². The summed E-state index contributed by atoms with van der Waals surface area (Å²) in [6, 6.07) is 19.5. The molecule has 6 nitrogen and oxygen atoms in total. The summed E-state index contributed by atoms with van der Waals surface area (Å²) >= 11 is 0. The minimum Gasteiger partial charge on any atom is -0.343 e. The van der Waals surface area contributed by atoms with E-state index in [1.807, 2.05) is 71.8 Å². The molecule has 1 saturated heterocycles. The van der Waals surface area contributed by atoms with Crippen LogP contribution in [0.5, 0.6) is 0 Å². The predicted molar refractivity (Wildman–Crippen MR) is 116 cm³/mol. The van der Waals surface area contributed by atoms with E-state index in [-0.39, 0.29) is 17.7 Å². The number of piperidine rings is 1. The SMILES string of the molecule is O=C(Nc1ccccc1-n1cccn1)C1CCN(C(=O)CCc2ccccc2)CC1. The van der Waals surface area contributed by atoms with Crippen LogP contribution in [0.25, 0.3) is 5.69 Å². The van der Waals surface area contributed by atoms with Gasteiger partial charge in [0.2, 0.25) is 11.8 Å². The number of carbonyl (C=O) groups excluding carboxylic acids is 2. The molecule has 3 aromatic rings. The lowest BCUT2D eigenvalue weighted by Crippen LogP contribution is -2.41. The van der Waals surface area contributed by atoms with Crippen molar-refractivity contribution in [1.82, 2.24) is 14.7 Å². The van der Waals surface area contributed by atoms with Gasteiger partial charge in [0, 0.05) is 37.8 Å². The molecule has 0 radical (unpaired) electrons. The van der Waals surface area contributed by atoms with Gasteiger partial charge in [0.05, 0.1) is 11.4 Å². The Morgan fingerprint density at radius 2 is 1.70 bits per heavy atom. The van der Waals surface area contributed by atoms with Crippen molar-refractivity contribution in [2.75, 3.05) is 18.4 Å². The first-order valence-corrected chi connectivity index (χ1v) is 10.4. The average molecular weight is 402 g/mol. The second-order valence-corrected chi connectivity index (χ2v) is 7.60. The van der Waals surface area contributed by atoms with Crippen LogP contribution >= 0.6 is 0 Å². The molecule has 2 heterocycles. The number of carbonyl (C=O) groups is 2. The topological polar surface area (TPSA) is 67.2 Å². The van der Waals surface area contributed by atoms with E-state index in [2.05, 4.69) is 10.4 Å². The fourth-order valence-electron chi connectivity index (χ4n) is 3.87. The number of hydrogen-bond donors (Lipinski definition) is 1. The van der Waals surface area contributed by atoms with Gasteiger partial charge in [0.1, 0.15) is 0 Å². The molecule has 154 valence electrons. The van der Waals surface area contributed by atoms with E-state index < -0.39 is 0 Å². The number of aromatic nitrogens is 2. The number of amides is 2. The number of para-hydroxylation sites is 2. The second-order valence-electron chi connectivity index (χ2n) is 7.60. The molecule has 2 aromatic carbocycles. The van der Waals surface area contributed by atoms with Gasteiger partial charge in [-0.05, 0) is 43.0 Å². The van der Waals surface area contributed by atoms with Crippen LogP contribution in [-0.4, -0.2) is 39.6 Å². The summed E-state index contributed by atoms with van der Waals surface area (Å²) in [5, 5.41) is 7.31. The van der Waals surface area contributed by atoms with Gasteiger partial charge >= 0.3 is 0 Å². The van der Waals surface area contributed by atoms with Crippen molar-refractivity contribution in [3.63, 3.8) is 0 Å². The van der Waals surface area contributed by atoms with Crippen LogP contribution < -0.4 is 5.32 Å². The number of likely N-dealkylation sites (tertiary alicyclic amines) is 1. The summed E-state index contributed by atoms with van der Waals surface area (Å²) < 4.78 is 1.74. The van der Waals surface area contributed by atoms with E-state index in [9.17, 15) is 9.59 Å². The third kappa shape index (κ3) is 4.76. The number of benzene rings is 2. The Hall–Kier alpha value is -3.41. The van der Waals surface area contributed by atoms with E-state index in [1.54, 1.807) is 10.9 Å². The van der Waals surface area contributed by atoms with Gasteiger partial charge in [-0.15, -0.1) is 0 Å². The minimum atomic E-state index is -0.0890. The number of rotatable bonds is 6. The van der Waals surface area contributed by atoms with Gasteiger partial charge in [-0.1, -0.05) is 42.5 Å². The largest absolute Gasteiger partial charge is 0.343 e. The molecule has 0 bridgehead atoms. The van der Waals surface area contributed by atoms with Crippen molar-refractivity contribution in [3.8, 4) is 5.69 Å². The summed E-state index contributed by atoms with van der Waals surface area (Å²) in [5.41, 5.74) is 2.76. The Morgan fingerprint density at radius 1 is 0.967 bits per heavy atom. The first kappa shape index (κ1) is 19.9.